The van der Waals surface area contributed by atoms with E-state index in [0.29, 0.717) is 6.54 Å². The summed E-state index contributed by atoms with van der Waals surface area (Å²) in [6.07, 6.45) is 0. The third-order valence-electron chi connectivity index (χ3n) is 1.78. The van der Waals surface area contributed by atoms with Gasteiger partial charge in [0.2, 0.25) is 0 Å². The summed E-state index contributed by atoms with van der Waals surface area (Å²) in [5.74, 6) is 0.818. The summed E-state index contributed by atoms with van der Waals surface area (Å²) < 4.78 is 5.49. The summed E-state index contributed by atoms with van der Waals surface area (Å²) in [5.41, 5.74) is 0.886. The highest BCUT2D eigenvalue weighted by Gasteiger charge is 2.00. The van der Waals surface area contributed by atoms with Crippen LogP contribution in [0.4, 0.5) is 0 Å². The first-order chi connectivity index (χ1) is 6.40. The quantitative estimate of drug-likeness (QED) is 0.536. The van der Waals surface area contributed by atoms with Crippen LogP contribution >= 0.6 is 12.2 Å². The van der Waals surface area contributed by atoms with Gasteiger partial charge in [0, 0.05) is 5.39 Å². The number of benzene rings is 1. The molecule has 0 unspecified atom stereocenters. The molecular formula is C10H7NOS. The van der Waals surface area contributed by atoms with E-state index in [9.17, 15) is 0 Å². The molecule has 2 aromatic rings. The minimum Gasteiger partial charge on any atom is -0.459 e. The van der Waals surface area contributed by atoms with Crippen molar-refractivity contribution in [3.63, 3.8) is 0 Å². The molecule has 1 heterocycles. The molecule has 1 aromatic heterocycles. The van der Waals surface area contributed by atoms with Crippen LogP contribution in [-0.4, -0.2) is 5.16 Å². The van der Waals surface area contributed by atoms with Crippen molar-refractivity contribution in [1.29, 1.82) is 0 Å². The predicted octanol–water partition coefficient (Wildman–Crippen LogP) is 3.04. The third kappa shape index (κ3) is 1.66. The van der Waals surface area contributed by atoms with Crippen molar-refractivity contribution in [3.8, 4) is 0 Å². The summed E-state index contributed by atoms with van der Waals surface area (Å²) in [4.78, 5) is 3.81. The average molecular weight is 189 g/mol. The number of rotatable bonds is 2. The Morgan fingerprint density at radius 1 is 1.38 bits per heavy atom. The normalized spacial score (nSPS) is 9.85. The largest absolute Gasteiger partial charge is 0.459 e. The van der Waals surface area contributed by atoms with Crippen LogP contribution < -0.4 is 0 Å². The fraction of sp³-hybridized carbons (Fsp3) is 0.100. The molecule has 64 valence electrons. The van der Waals surface area contributed by atoms with Crippen molar-refractivity contribution < 1.29 is 4.42 Å². The number of hydrogen-bond donors (Lipinski definition) is 0. The van der Waals surface area contributed by atoms with Crippen molar-refractivity contribution in [1.82, 2.24) is 0 Å². The molecule has 13 heavy (non-hydrogen) atoms. The number of aliphatic imine (C=N–C) groups is 1. The van der Waals surface area contributed by atoms with Crippen LogP contribution in [0.3, 0.4) is 0 Å². The molecule has 2 nitrogen and oxygen atoms in total. The van der Waals surface area contributed by atoms with Gasteiger partial charge in [-0.2, -0.15) is 0 Å². The Bertz CT molecular complexity index is 435. The van der Waals surface area contributed by atoms with E-state index >= 15 is 0 Å². The smallest absolute Gasteiger partial charge is 0.134 e. The van der Waals surface area contributed by atoms with E-state index in [4.69, 9.17) is 4.42 Å². The van der Waals surface area contributed by atoms with Gasteiger partial charge >= 0.3 is 0 Å². The summed E-state index contributed by atoms with van der Waals surface area (Å²) in [5, 5.41) is 3.40. The van der Waals surface area contributed by atoms with Crippen LogP contribution in [0.5, 0.6) is 0 Å². The fourth-order valence-corrected chi connectivity index (χ4v) is 1.29. The lowest BCUT2D eigenvalue weighted by Gasteiger charge is -1.84. The summed E-state index contributed by atoms with van der Waals surface area (Å²) in [7, 11) is 0. The summed E-state index contributed by atoms with van der Waals surface area (Å²) in [6.45, 7) is 0.470. The zero-order valence-corrected chi connectivity index (χ0v) is 7.67. The Balaban J connectivity index is 2.43. The van der Waals surface area contributed by atoms with Crippen LogP contribution in [0.2, 0.25) is 0 Å². The maximum absolute atomic E-state index is 5.49. The third-order valence-corrected chi connectivity index (χ3v) is 1.91. The highest BCUT2D eigenvalue weighted by atomic mass is 32.1. The van der Waals surface area contributed by atoms with Gasteiger partial charge in [-0.25, -0.2) is 4.99 Å². The molecule has 0 aliphatic rings. The number of para-hydroxylation sites is 1. The molecule has 0 aliphatic carbocycles. The summed E-state index contributed by atoms with van der Waals surface area (Å²) >= 11 is 4.47. The molecule has 0 N–H and O–H groups in total. The first-order valence-corrected chi connectivity index (χ1v) is 4.32. The number of nitrogens with zero attached hydrogens (tertiary/aromatic N) is 1. The van der Waals surface area contributed by atoms with E-state index in [-0.39, 0.29) is 0 Å². The second-order valence-corrected chi connectivity index (χ2v) is 2.84. The van der Waals surface area contributed by atoms with E-state index in [1.165, 1.54) is 0 Å². The monoisotopic (exact) mass is 189 g/mol. The van der Waals surface area contributed by atoms with E-state index in [2.05, 4.69) is 22.4 Å². The SMILES string of the molecule is S=C=NCc1cc2ccccc2o1. The molecule has 0 radical (unpaired) electrons. The van der Waals surface area contributed by atoms with E-state index in [1.54, 1.807) is 0 Å². The Labute approximate surface area is 80.9 Å². The molecule has 0 bridgehead atoms. The van der Waals surface area contributed by atoms with E-state index in [1.807, 2.05) is 30.3 Å². The van der Waals surface area contributed by atoms with Crippen LogP contribution in [0.25, 0.3) is 11.0 Å². The molecule has 0 saturated heterocycles. The predicted molar refractivity (Wildman–Crippen MR) is 54.9 cm³/mol. The Kier molecular flexibility index (Phi) is 2.21. The number of thiocarbonyl (C=S) groups is 1. The molecule has 0 atom stereocenters. The topological polar surface area (TPSA) is 25.5 Å². The molecule has 0 fully saturated rings. The Morgan fingerprint density at radius 3 is 3.00 bits per heavy atom. The highest BCUT2D eigenvalue weighted by molar-refractivity contribution is 7.78. The fourth-order valence-electron chi connectivity index (χ4n) is 1.22. The minimum absolute atomic E-state index is 0.470. The lowest BCUT2D eigenvalue weighted by molar-refractivity contribution is 0.553. The van der Waals surface area contributed by atoms with Gasteiger partial charge in [0.1, 0.15) is 17.9 Å². The van der Waals surface area contributed by atoms with Crippen LogP contribution in [0.15, 0.2) is 39.7 Å². The number of hydrogen-bond acceptors (Lipinski definition) is 3. The van der Waals surface area contributed by atoms with Crippen molar-refractivity contribution in [3.05, 3.63) is 36.1 Å². The second-order valence-electron chi connectivity index (χ2n) is 2.66. The summed E-state index contributed by atoms with van der Waals surface area (Å²) in [6, 6.07) is 9.82. The molecule has 2 rings (SSSR count). The van der Waals surface area contributed by atoms with Gasteiger partial charge < -0.3 is 4.42 Å². The van der Waals surface area contributed by atoms with Gasteiger partial charge in [0.05, 0.1) is 5.16 Å². The minimum atomic E-state index is 0.470. The van der Waals surface area contributed by atoms with Crippen LogP contribution in [0.1, 0.15) is 5.76 Å². The van der Waals surface area contributed by atoms with Crippen LogP contribution in [0, 0.1) is 0 Å². The van der Waals surface area contributed by atoms with Gasteiger partial charge in [-0.1, -0.05) is 18.2 Å². The molecule has 0 aliphatic heterocycles. The number of furan rings is 1. The Morgan fingerprint density at radius 2 is 2.23 bits per heavy atom. The second kappa shape index (κ2) is 3.52. The molecule has 1 aromatic carbocycles. The van der Waals surface area contributed by atoms with Gasteiger partial charge in [-0.05, 0) is 24.4 Å². The molecule has 0 amide bonds. The highest BCUT2D eigenvalue weighted by Crippen LogP contribution is 2.18. The van der Waals surface area contributed by atoms with Crippen molar-refractivity contribution in [2.24, 2.45) is 4.99 Å². The first-order valence-electron chi connectivity index (χ1n) is 3.91. The van der Waals surface area contributed by atoms with Crippen molar-refractivity contribution in [2.45, 2.75) is 6.54 Å². The van der Waals surface area contributed by atoms with Crippen molar-refractivity contribution in [2.75, 3.05) is 0 Å². The van der Waals surface area contributed by atoms with Gasteiger partial charge in [0.15, 0.2) is 0 Å². The lowest BCUT2D eigenvalue weighted by Crippen LogP contribution is -1.71. The maximum atomic E-state index is 5.49. The van der Waals surface area contributed by atoms with Gasteiger partial charge in [-0.3, -0.25) is 0 Å². The average Bonchev–Trinajstić information content (AvgIpc) is 2.57. The number of isothiocyanates is 1. The first kappa shape index (κ1) is 8.17. The lowest BCUT2D eigenvalue weighted by atomic mass is 10.2. The Hall–Kier alpha value is -1.44. The zero-order valence-electron chi connectivity index (χ0n) is 6.86. The van der Waals surface area contributed by atoms with E-state index < -0.39 is 0 Å². The van der Waals surface area contributed by atoms with Gasteiger partial charge in [0.25, 0.3) is 0 Å². The molecular weight excluding hydrogens is 182 g/mol. The maximum Gasteiger partial charge on any atom is 0.134 e. The molecule has 0 saturated carbocycles. The zero-order chi connectivity index (χ0) is 9.10. The standard InChI is InChI=1S/C10H7NOS/c13-7-11-6-9-5-8-3-1-2-4-10(8)12-9/h1-5H,6H2. The number of fused-ring (bicyclic) bond motifs is 1. The van der Waals surface area contributed by atoms with Gasteiger partial charge in [-0.15, -0.1) is 0 Å². The van der Waals surface area contributed by atoms with E-state index in [0.717, 1.165) is 16.7 Å². The molecule has 0 spiro atoms. The van der Waals surface area contributed by atoms with Crippen molar-refractivity contribution >= 4 is 28.3 Å². The molecule has 3 heteroatoms. The van der Waals surface area contributed by atoms with Crippen LogP contribution in [-0.2, 0) is 6.54 Å².